The van der Waals surface area contributed by atoms with Gasteiger partial charge in [-0.1, -0.05) is 19.1 Å². The number of likely N-dealkylation sites (N-methyl/N-ethyl adjacent to an activating group) is 2. The topological polar surface area (TPSA) is 77.9 Å². The average Bonchev–Trinajstić information content (AvgIpc) is 2.38. The van der Waals surface area contributed by atoms with Crippen LogP contribution in [-0.4, -0.2) is 61.9 Å². The van der Waals surface area contributed by atoms with Crippen molar-refractivity contribution in [1.29, 1.82) is 0 Å². The molecule has 1 atom stereocenters. The predicted molar refractivity (Wildman–Crippen MR) is 81.0 cm³/mol. The van der Waals surface area contributed by atoms with E-state index in [1.165, 1.54) is 28.6 Å². The molecule has 6 nitrogen and oxygen atoms in total. The van der Waals surface area contributed by atoms with Gasteiger partial charge in [0, 0.05) is 19.1 Å². The summed E-state index contributed by atoms with van der Waals surface area (Å²) in [4.78, 5) is 13.0. The van der Waals surface area contributed by atoms with E-state index in [4.69, 9.17) is 0 Å². The third kappa shape index (κ3) is 4.03. The van der Waals surface area contributed by atoms with E-state index >= 15 is 0 Å². The molecule has 1 unspecified atom stereocenters. The lowest BCUT2D eigenvalue weighted by Gasteiger charge is -2.29. The van der Waals surface area contributed by atoms with E-state index in [9.17, 15) is 18.3 Å². The Morgan fingerprint density at radius 2 is 1.86 bits per heavy atom. The van der Waals surface area contributed by atoms with Crippen molar-refractivity contribution in [1.82, 2.24) is 9.21 Å². The highest BCUT2D eigenvalue weighted by Crippen LogP contribution is 2.22. The van der Waals surface area contributed by atoms with Crippen LogP contribution in [0.15, 0.2) is 29.2 Å². The quantitative estimate of drug-likeness (QED) is 0.822. The zero-order valence-corrected chi connectivity index (χ0v) is 13.6. The third-order valence-electron chi connectivity index (χ3n) is 3.14. The monoisotopic (exact) mass is 314 g/mol. The largest absolute Gasteiger partial charge is 0.478 e. The number of rotatable bonds is 7. The maximum atomic E-state index is 12.8. The molecule has 1 rings (SSSR count). The first-order valence-electron chi connectivity index (χ1n) is 6.70. The first-order chi connectivity index (χ1) is 9.71. The summed E-state index contributed by atoms with van der Waals surface area (Å²) in [6, 6.07) is 5.44. The molecule has 0 spiro atoms. The van der Waals surface area contributed by atoms with E-state index < -0.39 is 16.0 Å². The summed E-state index contributed by atoms with van der Waals surface area (Å²) in [7, 11) is -0.119. The molecule has 1 aromatic rings. The first kappa shape index (κ1) is 17.6. The molecule has 0 bridgehead atoms. The molecule has 118 valence electrons. The number of hydrogen-bond acceptors (Lipinski definition) is 4. The van der Waals surface area contributed by atoms with E-state index in [-0.39, 0.29) is 23.0 Å². The molecule has 0 saturated carbocycles. The number of carboxylic acid groups (broad SMARTS) is 1. The van der Waals surface area contributed by atoms with Crippen molar-refractivity contribution in [3.8, 4) is 0 Å². The summed E-state index contributed by atoms with van der Waals surface area (Å²) < 4.78 is 26.8. The molecule has 0 saturated heterocycles. The van der Waals surface area contributed by atoms with Gasteiger partial charge in [-0.05, 0) is 33.2 Å². The number of sulfonamides is 1. The van der Waals surface area contributed by atoms with Gasteiger partial charge in [-0.2, -0.15) is 4.31 Å². The van der Waals surface area contributed by atoms with Gasteiger partial charge in [-0.3, -0.25) is 0 Å². The zero-order valence-electron chi connectivity index (χ0n) is 12.8. The highest BCUT2D eigenvalue weighted by atomic mass is 32.2. The summed E-state index contributed by atoms with van der Waals surface area (Å²) in [6.07, 6.45) is 0. The maximum absolute atomic E-state index is 12.8. The second kappa shape index (κ2) is 7.02. The first-order valence-corrected chi connectivity index (χ1v) is 8.14. The Morgan fingerprint density at radius 3 is 2.33 bits per heavy atom. The van der Waals surface area contributed by atoms with Gasteiger partial charge in [0.25, 0.3) is 0 Å². The van der Waals surface area contributed by atoms with Crippen LogP contribution in [0.25, 0.3) is 0 Å². The van der Waals surface area contributed by atoms with Crippen LogP contribution in [0.4, 0.5) is 0 Å². The Bertz CT molecular complexity index is 599. The molecule has 1 aromatic carbocycles. The van der Waals surface area contributed by atoms with Gasteiger partial charge >= 0.3 is 5.97 Å². The van der Waals surface area contributed by atoms with Gasteiger partial charge in [-0.25, -0.2) is 13.2 Å². The van der Waals surface area contributed by atoms with Crippen LogP contribution < -0.4 is 0 Å². The van der Waals surface area contributed by atoms with Crippen molar-refractivity contribution < 1.29 is 18.3 Å². The van der Waals surface area contributed by atoms with Crippen molar-refractivity contribution >= 4 is 16.0 Å². The van der Waals surface area contributed by atoms with E-state index in [1.807, 2.05) is 25.9 Å². The second-order valence-electron chi connectivity index (χ2n) is 5.12. The number of aromatic carboxylic acids is 1. The van der Waals surface area contributed by atoms with Crippen LogP contribution in [0.5, 0.6) is 0 Å². The molecule has 0 amide bonds. The Kier molecular flexibility index (Phi) is 5.88. The van der Waals surface area contributed by atoms with Crippen LogP contribution >= 0.6 is 0 Å². The average molecular weight is 314 g/mol. The zero-order chi connectivity index (χ0) is 16.2. The van der Waals surface area contributed by atoms with E-state index in [0.717, 1.165) is 0 Å². The fourth-order valence-corrected chi connectivity index (χ4v) is 4.15. The highest BCUT2D eigenvalue weighted by molar-refractivity contribution is 7.89. The van der Waals surface area contributed by atoms with Crippen LogP contribution in [0.2, 0.25) is 0 Å². The lowest BCUT2D eigenvalue weighted by Crippen LogP contribution is -2.44. The number of nitrogens with zero attached hydrogens (tertiary/aromatic N) is 2. The Labute approximate surface area is 126 Å². The SMILES string of the molecule is CCN(C(C)CN(C)C)S(=O)(=O)c1ccccc1C(=O)O. The van der Waals surface area contributed by atoms with Gasteiger partial charge in [0.15, 0.2) is 0 Å². The maximum Gasteiger partial charge on any atom is 0.337 e. The molecule has 0 radical (unpaired) electrons. The molecule has 1 N–H and O–H groups in total. The molecule has 0 heterocycles. The minimum Gasteiger partial charge on any atom is -0.478 e. The Morgan fingerprint density at radius 1 is 1.29 bits per heavy atom. The molecular formula is C14H22N2O4S. The molecular weight excluding hydrogens is 292 g/mol. The fraction of sp³-hybridized carbons (Fsp3) is 0.500. The fourth-order valence-electron chi connectivity index (χ4n) is 2.33. The lowest BCUT2D eigenvalue weighted by molar-refractivity contribution is 0.0692. The molecule has 0 fully saturated rings. The van der Waals surface area contributed by atoms with Crippen LogP contribution in [0.1, 0.15) is 24.2 Å². The van der Waals surface area contributed by atoms with Crippen molar-refractivity contribution in [2.24, 2.45) is 0 Å². The number of carboxylic acids is 1. The molecule has 0 aromatic heterocycles. The normalized spacial score (nSPS) is 13.6. The van der Waals surface area contributed by atoms with Crippen LogP contribution in [0, 0.1) is 0 Å². The van der Waals surface area contributed by atoms with E-state index in [0.29, 0.717) is 6.54 Å². The summed E-state index contributed by atoms with van der Waals surface area (Å²) in [5, 5.41) is 9.18. The molecule has 7 heteroatoms. The van der Waals surface area contributed by atoms with Crippen molar-refractivity contribution in [2.45, 2.75) is 24.8 Å². The lowest BCUT2D eigenvalue weighted by atomic mass is 10.2. The molecule has 0 aliphatic heterocycles. The van der Waals surface area contributed by atoms with Gasteiger partial charge in [-0.15, -0.1) is 0 Å². The van der Waals surface area contributed by atoms with Crippen molar-refractivity contribution in [2.75, 3.05) is 27.2 Å². The van der Waals surface area contributed by atoms with Crippen molar-refractivity contribution in [3.63, 3.8) is 0 Å². The summed E-state index contributed by atoms with van der Waals surface area (Å²) in [5.74, 6) is -1.24. The van der Waals surface area contributed by atoms with Crippen molar-refractivity contribution in [3.05, 3.63) is 29.8 Å². The minimum atomic E-state index is -3.85. The predicted octanol–water partition coefficient (Wildman–Crippen LogP) is 1.35. The number of benzene rings is 1. The summed E-state index contributed by atoms with van der Waals surface area (Å²) >= 11 is 0. The summed E-state index contributed by atoms with van der Waals surface area (Å²) in [6.45, 7) is 4.39. The Hall–Kier alpha value is -1.44. The van der Waals surface area contributed by atoms with E-state index in [1.54, 1.807) is 6.92 Å². The Balaban J connectivity index is 3.29. The molecule has 0 aliphatic rings. The van der Waals surface area contributed by atoms with Gasteiger partial charge < -0.3 is 10.0 Å². The standard InChI is InChI=1S/C14H22N2O4S/c1-5-16(11(2)10-15(3)4)21(19,20)13-9-7-6-8-12(13)14(17)18/h6-9,11H,5,10H2,1-4H3,(H,17,18). The van der Waals surface area contributed by atoms with Crippen LogP contribution in [-0.2, 0) is 10.0 Å². The van der Waals surface area contributed by atoms with Gasteiger partial charge in [0.2, 0.25) is 10.0 Å². The smallest absolute Gasteiger partial charge is 0.337 e. The minimum absolute atomic E-state index is 0.162. The number of hydrogen-bond donors (Lipinski definition) is 1. The molecule has 0 aliphatic carbocycles. The number of carbonyl (C=O) groups is 1. The highest BCUT2D eigenvalue weighted by Gasteiger charge is 2.31. The van der Waals surface area contributed by atoms with Crippen LogP contribution in [0.3, 0.4) is 0 Å². The second-order valence-corrected chi connectivity index (χ2v) is 6.98. The van der Waals surface area contributed by atoms with Gasteiger partial charge in [0.05, 0.1) is 10.5 Å². The third-order valence-corrected chi connectivity index (χ3v) is 5.28. The van der Waals surface area contributed by atoms with E-state index in [2.05, 4.69) is 0 Å². The molecule has 21 heavy (non-hydrogen) atoms. The van der Waals surface area contributed by atoms with Gasteiger partial charge in [0.1, 0.15) is 0 Å². The summed E-state index contributed by atoms with van der Waals surface area (Å²) in [5.41, 5.74) is -0.201.